The molecule has 4 N–H and O–H groups in total. The van der Waals surface area contributed by atoms with Gasteiger partial charge in [-0.1, -0.05) is 19.1 Å². The number of benzene rings is 1. The van der Waals surface area contributed by atoms with Gasteiger partial charge in [0.1, 0.15) is 17.5 Å². The van der Waals surface area contributed by atoms with Gasteiger partial charge in [-0.15, -0.1) is 0 Å². The van der Waals surface area contributed by atoms with Gasteiger partial charge in [0.05, 0.1) is 0 Å². The fraction of sp³-hybridized carbons (Fsp3) is 0.348. The summed E-state index contributed by atoms with van der Waals surface area (Å²) < 4.78 is 0. The van der Waals surface area contributed by atoms with E-state index in [-0.39, 0.29) is 5.91 Å². The van der Waals surface area contributed by atoms with Crippen LogP contribution in [0.2, 0.25) is 0 Å². The van der Waals surface area contributed by atoms with Crippen molar-refractivity contribution < 1.29 is 4.79 Å². The zero-order valence-corrected chi connectivity index (χ0v) is 20.3. The first-order chi connectivity index (χ1) is 15.3. The smallest absolute Gasteiger partial charge is 0.224 e. The normalized spacial score (nSPS) is 11.1. The molecule has 0 aliphatic heterocycles. The summed E-state index contributed by atoms with van der Waals surface area (Å²) >= 11 is 1.46. The number of rotatable bonds is 12. The Balaban J connectivity index is 2.29. The molecule has 0 saturated heterocycles. The molecule has 0 radical (unpaired) electrons. The molecule has 1 amide bonds. The number of allylic oxidation sites excluding steroid dienone is 2. The lowest BCUT2D eigenvalue weighted by Crippen LogP contribution is -2.28. The number of anilines is 3. The third kappa shape index (κ3) is 8.24. The molecule has 0 aliphatic carbocycles. The highest BCUT2D eigenvalue weighted by atomic mass is 32.2. The van der Waals surface area contributed by atoms with Crippen molar-refractivity contribution in [2.24, 2.45) is 0 Å². The maximum atomic E-state index is 11.6. The average molecular weight is 456 g/mol. The topological polar surface area (TPSA) is 94.2 Å². The Hall–Kier alpha value is -3.04. The van der Waals surface area contributed by atoms with Crippen molar-refractivity contribution in [1.82, 2.24) is 20.6 Å². The first-order valence-electron chi connectivity index (χ1n) is 10.5. The molecule has 8 nitrogen and oxygen atoms in total. The Morgan fingerprint density at radius 3 is 2.50 bits per heavy atom. The van der Waals surface area contributed by atoms with Gasteiger partial charge >= 0.3 is 0 Å². The van der Waals surface area contributed by atoms with Crippen molar-refractivity contribution in [1.29, 1.82) is 0 Å². The van der Waals surface area contributed by atoms with Crippen LogP contribution in [0.25, 0.3) is 0 Å². The van der Waals surface area contributed by atoms with Crippen LogP contribution in [0, 0.1) is 0 Å². The maximum absolute atomic E-state index is 11.6. The molecule has 2 rings (SSSR count). The van der Waals surface area contributed by atoms with Gasteiger partial charge in [0.15, 0.2) is 5.16 Å². The van der Waals surface area contributed by atoms with E-state index in [1.165, 1.54) is 11.8 Å². The first kappa shape index (κ1) is 25.2. The molecule has 0 spiro atoms. The molecule has 172 valence electrons. The Kier molecular flexibility index (Phi) is 10.0. The molecule has 1 aromatic carbocycles. The van der Waals surface area contributed by atoms with E-state index in [1.54, 1.807) is 0 Å². The highest BCUT2D eigenvalue weighted by Crippen LogP contribution is 2.29. The van der Waals surface area contributed by atoms with Crippen LogP contribution in [-0.4, -0.2) is 50.1 Å². The Bertz CT molecular complexity index is 944. The van der Waals surface area contributed by atoms with Gasteiger partial charge in [0, 0.05) is 50.3 Å². The number of aromatic nitrogens is 2. The van der Waals surface area contributed by atoms with Gasteiger partial charge in [0.2, 0.25) is 5.91 Å². The second-order valence-electron chi connectivity index (χ2n) is 7.23. The van der Waals surface area contributed by atoms with Gasteiger partial charge < -0.3 is 26.2 Å². The van der Waals surface area contributed by atoms with Crippen LogP contribution in [0.4, 0.5) is 17.3 Å². The molecule has 1 heterocycles. The minimum Gasteiger partial charge on any atom is -0.375 e. The molecule has 0 fully saturated rings. The van der Waals surface area contributed by atoms with Crippen molar-refractivity contribution in [3.8, 4) is 0 Å². The number of carbonyl (C=O) groups excluding carboxylic acids is 1. The van der Waals surface area contributed by atoms with Crippen molar-refractivity contribution >= 4 is 35.0 Å². The summed E-state index contributed by atoms with van der Waals surface area (Å²) in [4.78, 5) is 24.1. The third-order valence-electron chi connectivity index (χ3n) is 4.37. The number of nitrogens with one attached hydrogen (secondary N) is 4. The van der Waals surface area contributed by atoms with Crippen LogP contribution in [0.5, 0.6) is 0 Å². The molecule has 0 saturated carbocycles. The molecular weight excluding hydrogens is 422 g/mol. The third-order valence-corrected chi connectivity index (χ3v) is 5.24. The predicted octanol–water partition coefficient (Wildman–Crippen LogP) is 3.68. The maximum Gasteiger partial charge on any atom is 0.224 e. The molecular formula is C23H33N7OS. The minimum absolute atomic E-state index is 0.00934. The van der Waals surface area contributed by atoms with E-state index in [0.29, 0.717) is 17.4 Å². The van der Waals surface area contributed by atoms with Crippen molar-refractivity contribution in [3.05, 3.63) is 54.4 Å². The number of nitrogens with zero attached hydrogens (tertiary/aromatic N) is 3. The fourth-order valence-corrected chi connectivity index (χ4v) is 3.39. The van der Waals surface area contributed by atoms with Crippen molar-refractivity contribution in [2.75, 3.05) is 49.8 Å². The number of amides is 1. The summed E-state index contributed by atoms with van der Waals surface area (Å²) in [5.41, 5.74) is 1.70. The molecule has 0 unspecified atom stereocenters. The highest BCUT2D eigenvalue weighted by Gasteiger charge is 2.11. The summed E-state index contributed by atoms with van der Waals surface area (Å²) in [6.07, 6.45) is 2.37. The van der Waals surface area contributed by atoms with Gasteiger partial charge in [-0.2, -0.15) is 0 Å². The minimum atomic E-state index is -0.00934. The predicted molar refractivity (Wildman–Crippen MR) is 134 cm³/mol. The van der Waals surface area contributed by atoms with Crippen LogP contribution < -0.4 is 26.2 Å². The van der Waals surface area contributed by atoms with E-state index in [1.807, 2.05) is 71.4 Å². The largest absolute Gasteiger partial charge is 0.375 e. The summed E-state index contributed by atoms with van der Waals surface area (Å²) in [6.45, 7) is 9.35. The van der Waals surface area contributed by atoms with E-state index in [0.717, 1.165) is 40.9 Å². The highest BCUT2D eigenvalue weighted by molar-refractivity contribution is 7.99. The van der Waals surface area contributed by atoms with Crippen LogP contribution in [0.1, 0.15) is 20.3 Å². The molecule has 2 aromatic rings. The summed E-state index contributed by atoms with van der Waals surface area (Å²) in [6, 6.07) is 9.58. The number of hydrogen-bond donors (Lipinski definition) is 4. The summed E-state index contributed by atoms with van der Waals surface area (Å²) in [5.74, 6) is 2.29. The second-order valence-corrected chi connectivity index (χ2v) is 8.27. The van der Waals surface area contributed by atoms with Crippen LogP contribution in [0.15, 0.2) is 64.4 Å². The van der Waals surface area contributed by atoms with E-state index in [9.17, 15) is 4.79 Å². The molecule has 32 heavy (non-hydrogen) atoms. The zero-order chi connectivity index (χ0) is 23.5. The van der Waals surface area contributed by atoms with Gasteiger partial charge in [-0.3, -0.25) is 4.79 Å². The lowest BCUT2D eigenvalue weighted by atomic mass is 10.3. The van der Waals surface area contributed by atoms with Crippen molar-refractivity contribution in [2.45, 2.75) is 30.3 Å². The van der Waals surface area contributed by atoms with Gasteiger partial charge in [-0.05, 0) is 56.1 Å². The first-order valence-corrected chi connectivity index (χ1v) is 11.3. The fourth-order valence-electron chi connectivity index (χ4n) is 2.63. The van der Waals surface area contributed by atoms with E-state index < -0.39 is 0 Å². The Morgan fingerprint density at radius 2 is 1.91 bits per heavy atom. The monoisotopic (exact) mass is 455 g/mol. The zero-order valence-electron chi connectivity index (χ0n) is 19.5. The van der Waals surface area contributed by atoms with Gasteiger partial charge in [-0.25, -0.2) is 9.97 Å². The van der Waals surface area contributed by atoms with E-state index in [2.05, 4.69) is 37.7 Å². The Labute approximate surface area is 195 Å². The van der Waals surface area contributed by atoms with E-state index in [4.69, 9.17) is 4.98 Å². The molecule has 0 bridgehead atoms. The summed E-state index contributed by atoms with van der Waals surface area (Å²) in [5, 5.41) is 13.1. The quantitative estimate of drug-likeness (QED) is 0.284. The number of carbonyl (C=O) groups is 1. The Morgan fingerprint density at radius 1 is 1.19 bits per heavy atom. The number of hydrogen-bond acceptors (Lipinski definition) is 8. The van der Waals surface area contributed by atoms with Crippen molar-refractivity contribution in [3.63, 3.8) is 0 Å². The number of likely N-dealkylation sites (N-methyl/N-ethyl adjacent to an activating group) is 2. The van der Waals surface area contributed by atoms with Crippen LogP contribution in [-0.2, 0) is 4.79 Å². The SMILES string of the molecule is C=C(C)/C=C(\NC)Nc1cc(N(C)CCNC)nc(Sc2ccc(NC(=O)CC)cc2)n1. The summed E-state index contributed by atoms with van der Waals surface area (Å²) in [7, 11) is 5.78. The lowest BCUT2D eigenvalue weighted by Gasteiger charge is -2.20. The molecule has 9 heteroatoms. The lowest BCUT2D eigenvalue weighted by molar-refractivity contribution is -0.115. The molecule has 1 aromatic heterocycles. The average Bonchev–Trinajstić information content (AvgIpc) is 2.77. The van der Waals surface area contributed by atoms with E-state index >= 15 is 0 Å². The molecule has 0 aliphatic rings. The second kappa shape index (κ2) is 12.7. The molecule has 0 atom stereocenters. The van der Waals surface area contributed by atoms with Gasteiger partial charge in [0.25, 0.3) is 0 Å². The van der Waals surface area contributed by atoms with Crippen LogP contribution in [0.3, 0.4) is 0 Å². The standard InChI is InChI=1S/C23H33N7OS/c1-7-22(31)26-17-8-10-18(11-9-17)32-23-28-20(27-19(25-5)14-16(2)3)15-21(29-23)30(6)13-12-24-4/h8-11,14-15,24-25H,2,7,12-13H2,1,3-6H3,(H,26,31)(H,27,28,29)/b19-14+. The van der Waals surface area contributed by atoms with Crippen LogP contribution >= 0.6 is 11.8 Å².